The third kappa shape index (κ3) is 3.58. The lowest BCUT2D eigenvalue weighted by Gasteiger charge is -2.19. The quantitative estimate of drug-likeness (QED) is 0.703. The molecule has 148 valence electrons. The van der Waals surface area contributed by atoms with Crippen molar-refractivity contribution in [3.05, 3.63) is 53.1 Å². The lowest BCUT2D eigenvalue weighted by molar-refractivity contribution is -0.116. The summed E-state index contributed by atoms with van der Waals surface area (Å²) in [5.41, 5.74) is 4.58. The van der Waals surface area contributed by atoms with Crippen LogP contribution in [0.1, 0.15) is 23.1 Å². The molecule has 0 aromatic heterocycles. The minimum absolute atomic E-state index is 0.0173. The number of fused-ring (bicyclic) bond motifs is 2. The van der Waals surface area contributed by atoms with E-state index >= 15 is 0 Å². The number of benzene rings is 2. The van der Waals surface area contributed by atoms with Crippen LogP contribution in [-0.2, 0) is 34.1 Å². The number of thioether (sulfide) groups is 1. The summed E-state index contributed by atoms with van der Waals surface area (Å²) in [4.78, 5) is 15.9. The van der Waals surface area contributed by atoms with Crippen LogP contribution < -0.4 is 4.90 Å². The van der Waals surface area contributed by atoms with Crippen molar-refractivity contribution in [2.24, 2.45) is 0 Å². The van der Waals surface area contributed by atoms with Gasteiger partial charge in [0.1, 0.15) is 0 Å². The number of amides is 1. The van der Waals surface area contributed by atoms with Crippen LogP contribution in [0.5, 0.6) is 0 Å². The molecule has 1 amide bonds. The molecule has 0 atom stereocenters. The highest BCUT2D eigenvalue weighted by Crippen LogP contribution is 2.33. The fraction of sp³-hybridized carbons (Fsp3) is 0.381. The molecule has 7 heteroatoms. The predicted octanol–water partition coefficient (Wildman–Crippen LogP) is 3.11. The normalized spacial score (nSPS) is 15.8. The SMILES string of the molecule is CN(C)S(=O)(=O)c1ccc2c(c1)N(C(=O)CSc1ccc3c(c1)CCC3)CC2. The predicted molar refractivity (Wildman–Crippen MR) is 113 cm³/mol. The molecule has 1 heterocycles. The Morgan fingerprint density at radius 2 is 1.79 bits per heavy atom. The van der Waals surface area contributed by atoms with E-state index in [0.29, 0.717) is 12.3 Å². The average molecular weight is 417 g/mol. The van der Waals surface area contributed by atoms with Gasteiger partial charge in [0.05, 0.1) is 10.6 Å². The van der Waals surface area contributed by atoms with Crippen molar-refractivity contribution in [2.75, 3.05) is 31.3 Å². The smallest absolute Gasteiger partial charge is 0.242 e. The third-order valence-corrected chi connectivity index (χ3v) is 8.25. The molecular formula is C21H24N2O3S2. The minimum atomic E-state index is -3.52. The molecule has 5 nitrogen and oxygen atoms in total. The summed E-state index contributed by atoms with van der Waals surface area (Å²) in [7, 11) is -0.493. The monoisotopic (exact) mass is 416 g/mol. The summed E-state index contributed by atoms with van der Waals surface area (Å²) >= 11 is 1.55. The van der Waals surface area contributed by atoms with Crippen LogP contribution in [0.25, 0.3) is 0 Å². The number of hydrogen-bond donors (Lipinski definition) is 0. The lowest BCUT2D eigenvalue weighted by Crippen LogP contribution is -2.30. The summed E-state index contributed by atoms with van der Waals surface area (Å²) in [6.07, 6.45) is 4.25. The second kappa shape index (κ2) is 7.54. The van der Waals surface area contributed by atoms with Gasteiger partial charge in [-0.05, 0) is 66.6 Å². The maximum Gasteiger partial charge on any atom is 0.242 e. The zero-order valence-electron chi connectivity index (χ0n) is 16.1. The van der Waals surface area contributed by atoms with E-state index in [2.05, 4.69) is 18.2 Å². The van der Waals surface area contributed by atoms with Gasteiger partial charge in [-0.1, -0.05) is 12.1 Å². The highest BCUT2D eigenvalue weighted by molar-refractivity contribution is 8.00. The van der Waals surface area contributed by atoms with E-state index in [-0.39, 0.29) is 10.8 Å². The number of anilines is 1. The molecule has 2 aromatic carbocycles. The fourth-order valence-corrected chi connectivity index (χ4v) is 5.61. The van der Waals surface area contributed by atoms with Gasteiger partial charge in [0, 0.05) is 31.2 Å². The van der Waals surface area contributed by atoms with Crippen molar-refractivity contribution in [2.45, 2.75) is 35.5 Å². The van der Waals surface area contributed by atoms with E-state index in [9.17, 15) is 13.2 Å². The molecule has 0 saturated carbocycles. The second-order valence-electron chi connectivity index (χ2n) is 7.45. The molecular weight excluding hydrogens is 392 g/mol. The Bertz CT molecular complexity index is 1030. The summed E-state index contributed by atoms with van der Waals surface area (Å²) < 4.78 is 26.1. The fourth-order valence-electron chi connectivity index (χ4n) is 3.85. The molecule has 0 saturated heterocycles. The van der Waals surface area contributed by atoms with Crippen molar-refractivity contribution in [3.63, 3.8) is 0 Å². The van der Waals surface area contributed by atoms with Crippen molar-refractivity contribution in [3.8, 4) is 0 Å². The minimum Gasteiger partial charge on any atom is -0.311 e. The first-order valence-electron chi connectivity index (χ1n) is 9.47. The lowest BCUT2D eigenvalue weighted by atomic mass is 10.1. The van der Waals surface area contributed by atoms with Gasteiger partial charge in [-0.25, -0.2) is 12.7 Å². The summed E-state index contributed by atoms with van der Waals surface area (Å²) in [5.74, 6) is 0.367. The molecule has 2 aromatic rings. The molecule has 0 bridgehead atoms. The van der Waals surface area contributed by atoms with Crippen LogP contribution in [0.4, 0.5) is 5.69 Å². The van der Waals surface area contributed by atoms with Crippen LogP contribution in [-0.4, -0.2) is 45.0 Å². The van der Waals surface area contributed by atoms with E-state index in [1.54, 1.807) is 28.8 Å². The van der Waals surface area contributed by atoms with E-state index in [1.807, 2.05) is 6.07 Å². The van der Waals surface area contributed by atoms with Crippen LogP contribution in [0, 0.1) is 0 Å². The maximum atomic E-state index is 12.9. The van der Waals surface area contributed by atoms with Crippen LogP contribution in [0.15, 0.2) is 46.2 Å². The molecule has 1 aliphatic heterocycles. The number of hydrogen-bond acceptors (Lipinski definition) is 4. The van der Waals surface area contributed by atoms with Gasteiger partial charge in [0.2, 0.25) is 15.9 Å². The number of carbonyl (C=O) groups is 1. The third-order valence-electron chi connectivity index (χ3n) is 5.46. The topological polar surface area (TPSA) is 57.7 Å². The van der Waals surface area contributed by atoms with E-state index in [0.717, 1.165) is 35.4 Å². The Balaban J connectivity index is 1.50. The molecule has 0 N–H and O–H groups in total. The first-order valence-corrected chi connectivity index (χ1v) is 11.9. The number of carbonyl (C=O) groups excluding carboxylic acids is 1. The Labute approximate surface area is 170 Å². The Morgan fingerprint density at radius 3 is 2.57 bits per heavy atom. The van der Waals surface area contributed by atoms with Crippen LogP contribution in [0.2, 0.25) is 0 Å². The van der Waals surface area contributed by atoms with Gasteiger partial charge in [-0.2, -0.15) is 0 Å². The Kier molecular flexibility index (Phi) is 5.24. The van der Waals surface area contributed by atoms with Gasteiger partial charge < -0.3 is 4.90 Å². The number of aryl methyl sites for hydroxylation is 2. The van der Waals surface area contributed by atoms with Gasteiger partial charge in [0.25, 0.3) is 0 Å². The molecule has 0 unspecified atom stereocenters. The standard InChI is InChI=1S/C21H24N2O3S2/c1-22(2)28(25,26)19-9-7-16-10-11-23(20(16)13-19)21(24)14-27-18-8-6-15-4-3-5-17(15)12-18/h6-9,12-13H,3-5,10-11,14H2,1-2H3. The van der Waals surface area contributed by atoms with Crippen molar-refractivity contribution in [1.82, 2.24) is 4.31 Å². The number of nitrogens with zero attached hydrogens (tertiary/aromatic N) is 2. The Morgan fingerprint density at radius 1 is 1.04 bits per heavy atom. The van der Waals surface area contributed by atoms with Gasteiger partial charge in [0.15, 0.2) is 0 Å². The molecule has 0 fully saturated rings. The maximum absolute atomic E-state index is 12.9. The van der Waals surface area contributed by atoms with Crippen molar-refractivity contribution < 1.29 is 13.2 Å². The summed E-state index contributed by atoms with van der Waals surface area (Å²) in [6.45, 7) is 0.602. The molecule has 0 spiro atoms. The molecule has 1 aliphatic carbocycles. The van der Waals surface area contributed by atoms with Crippen molar-refractivity contribution >= 4 is 33.4 Å². The molecule has 28 heavy (non-hydrogen) atoms. The first kappa shape index (κ1) is 19.5. The van der Waals surface area contributed by atoms with Crippen molar-refractivity contribution in [1.29, 1.82) is 0 Å². The highest BCUT2D eigenvalue weighted by Gasteiger charge is 2.27. The summed E-state index contributed by atoms with van der Waals surface area (Å²) in [5, 5.41) is 0. The Hall–Kier alpha value is -1.83. The van der Waals surface area contributed by atoms with Gasteiger partial charge in [-0.3, -0.25) is 4.79 Å². The van der Waals surface area contributed by atoms with E-state index in [1.165, 1.54) is 35.9 Å². The number of sulfonamides is 1. The number of rotatable bonds is 5. The van der Waals surface area contributed by atoms with E-state index in [4.69, 9.17) is 0 Å². The summed E-state index contributed by atoms with van der Waals surface area (Å²) in [6, 6.07) is 11.6. The molecule has 4 rings (SSSR count). The first-order chi connectivity index (χ1) is 13.4. The van der Waals surface area contributed by atoms with Gasteiger partial charge in [-0.15, -0.1) is 11.8 Å². The zero-order valence-corrected chi connectivity index (χ0v) is 17.8. The highest BCUT2D eigenvalue weighted by atomic mass is 32.2. The van der Waals surface area contributed by atoms with Crippen LogP contribution >= 0.6 is 11.8 Å². The molecule has 0 radical (unpaired) electrons. The second-order valence-corrected chi connectivity index (χ2v) is 10.6. The zero-order chi connectivity index (χ0) is 19.9. The van der Waals surface area contributed by atoms with Gasteiger partial charge >= 0.3 is 0 Å². The molecule has 2 aliphatic rings. The van der Waals surface area contributed by atoms with E-state index < -0.39 is 10.0 Å². The largest absolute Gasteiger partial charge is 0.311 e. The average Bonchev–Trinajstić information content (AvgIpc) is 3.31. The van der Waals surface area contributed by atoms with Crippen LogP contribution in [0.3, 0.4) is 0 Å².